The molecule has 0 atom stereocenters. The number of nitro groups is 1. The minimum atomic E-state index is -0.768. The number of methoxy groups -OCH3 is 1. The second kappa shape index (κ2) is 6.77. The van der Waals surface area contributed by atoms with Crippen molar-refractivity contribution < 1.29 is 14.8 Å². The van der Waals surface area contributed by atoms with E-state index in [4.69, 9.17) is 16.3 Å². The molecule has 0 saturated heterocycles. The molecule has 0 heterocycles. The van der Waals surface area contributed by atoms with Gasteiger partial charge in [0.05, 0.1) is 23.9 Å². The van der Waals surface area contributed by atoms with Crippen molar-refractivity contribution in [1.29, 1.82) is 0 Å². The van der Waals surface area contributed by atoms with Crippen LogP contribution in [-0.4, -0.2) is 18.2 Å². The van der Waals surface area contributed by atoms with Crippen LogP contribution < -0.4 is 15.3 Å². The first-order valence-electron chi connectivity index (χ1n) is 6.09. The summed E-state index contributed by atoms with van der Waals surface area (Å²) in [5.74, 6) is -0.877. The van der Waals surface area contributed by atoms with Crippen LogP contribution in [0.4, 0.5) is 11.4 Å². The second-order valence-corrected chi connectivity index (χ2v) is 4.64. The normalized spacial score (nSPS) is 10.6. The third-order valence-electron chi connectivity index (χ3n) is 2.73. The summed E-state index contributed by atoms with van der Waals surface area (Å²) in [7, 11) is 1.27. The summed E-state index contributed by atoms with van der Waals surface area (Å²) in [6.07, 6.45) is 1.35. The van der Waals surface area contributed by atoms with Gasteiger partial charge in [0.1, 0.15) is 5.75 Å². The van der Waals surface area contributed by atoms with E-state index in [2.05, 4.69) is 10.5 Å². The summed E-state index contributed by atoms with van der Waals surface area (Å²) in [5.41, 5.74) is 3.24. The van der Waals surface area contributed by atoms with Gasteiger partial charge in [0.2, 0.25) is 0 Å². The highest BCUT2D eigenvalue weighted by atomic mass is 35.5. The molecule has 114 valence electrons. The molecule has 8 heteroatoms. The molecule has 2 aromatic rings. The maximum Gasteiger partial charge on any atom is 0.266 e. The molecule has 0 aliphatic heterocycles. The predicted octanol–water partition coefficient (Wildman–Crippen LogP) is 2.78. The SMILES string of the molecule is COc1cc(/C=N\Nc2ccc(Cl)cc2)cc([N+](=O)[O-])c1[O-]. The molecule has 7 nitrogen and oxygen atoms in total. The van der Waals surface area contributed by atoms with Crippen molar-refractivity contribution in [3.05, 3.63) is 57.1 Å². The van der Waals surface area contributed by atoms with Crippen LogP contribution in [0.5, 0.6) is 11.5 Å². The lowest BCUT2D eigenvalue weighted by molar-refractivity contribution is -0.398. The van der Waals surface area contributed by atoms with Crippen LogP contribution in [-0.2, 0) is 0 Å². The molecule has 1 N–H and O–H groups in total. The minimum absolute atomic E-state index is 0.109. The van der Waals surface area contributed by atoms with Crippen LogP contribution >= 0.6 is 11.6 Å². The topological polar surface area (TPSA) is 99.8 Å². The molecule has 0 aromatic heterocycles. The van der Waals surface area contributed by atoms with Gasteiger partial charge in [-0.1, -0.05) is 11.6 Å². The Morgan fingerprint density at radius 1 is 1.32 bits per heavy atom. The van der Waals surface area contributed by atoms with Gasteiger partial charge >= 0.3 is 0 Å². The molecule has 0 unspecified atom stereocenters. The fraction of sp³-hybridized carbons (Fsp3) is 0.0714. The van der Waals surface area contributed by atoms with Crippen molar-refractivity contribution in [3.63, 3.8) is 0 Å². The number of nitrogens with zero attached hydrogens (tertiary/aromatic N) is 2. The zero-order chi connectivity index (χ0) is 16.1. The third-order valence-corrected chi connectivity index (χ3v) is 2.98. The Bertz CT molecular complexity index is 717. The lowest BCUT2D eigenvalue weighted by Gasteiger charge is -2.12. The summed E-state index contributed by atoms with van der Waals surface area (Å²) >= 11 is 5.76. The van der Waals surface area contributed by atoms with Crippen molar-refractivity contribution >= 4 is 29.2 Å². The molecule has 22 heavy (non-hydrogen) atoms. The van der Waals surface area contributed by atoms with Crippen LogP contribution in [0.15, 0.2) is 41.5 Å². The third kappa shape index (κ3) is 3.64. The number of anilines is 1. The summed E-state index contributed by atoms with van der Waals surface area (Å²) in [6, 6.07) is 9.35. The molecule has 0 fully saturated rings. The van der Waals surface area contributed by atoms with Crippen LogP contribution in [0.1, 0.15) is 5.56 Å². The molecule has 0 aliphatic carbocycles. The standard InChI is InChI=1S/C14H12ClN3O4/c1-22-13-7-9(6-12(14(13)19)18(20)21)8-16-17-11-4-2-10(15)3-5-11/h2-8,17,19H,1H3/p-1/b16-8-. The van der Waals surface area contributed by atoms with Crippen molar-refractivity contribution in [1.82, 2.24) is 0 Å². The molecule has 0 amide bonds. The van der Waals surface area contributed by atoms with Crippen LogP contribution in [0.2, 0.25) is 5.02 Å². The molecule has 0 bridgehead atoms. The molecule has 2 aromatic carbocycles. The van der Waals surface area contributed by atoms with Gasteiger partial charge in [-0.05, 0) is 30.3 Å². The lowest BCUT2D eigenvalue weighted by atomic mass is 10.2. The summed E-state index contributed by atoms with van der Waals surface area (Å²) < 4.78 is 4.84. The lowest BCUT2D eigenvalue weighted by Crippen LogP contribution is -2.02. The Balaban J connectivity index is 2.21. The highest BCUT2D eigenvalue weighted by molar-refractivity contribution is 6.30. The second-order valence-electron chi connectivity index (χ2n) is 4.21. The van der Waals surface area contributed by atoms with Gasteiger partial charge in [0, 0.05) is 22.4 Å². The molecule has 2 rings (SSSR count). The number of hydrogen-bond donors (Lipinski definition) is 1. The summed E-state index contributed by atoms with van der Waals surface area (Å²) in [4.78, 5) is 10.1. The van der Waals surface area contributed by atoms with Gasteiger partial charge < -0.3 is 9.84 Å². The van der Waals surface area contributed by atoms with E-state index >= 15 is 0 Å². The Morgan fingerprint density at radius 2 is 2.00 bits per heavy atom. The summed E-state index contributed by atoms with van der Waals surface area (Å²) in [6.45, 7) is 0. The molecule has 0 radical (unpaired) electrons. The molecule has 0 spiro atoms. The number of nitro benzene ring substituents is 1. The predicted molar refractivity (Wildman–Crippen MR) is 81.8 cm³/mol. The van der Waals surface area contributed by atoms with E-state index in [0.717, 1.165) is 6.07 Å². The first-order valence-corrected chi connectivity index (χ1v) is 6.47. The van der Waals surface area contributed by atoms with Crippen molar-refractivity contribution in [2.45, 2.75) is 0 Å². The maximum absolute atomic E-state index is 11.7. The molecular weight excluding hydrogens is 310 g/mol. The smallest absolute Gasteiger partial charge is 0.266 e. The zero-order valence-corrected chi connectivity index (χ0v) is 12.2. The average molecular weight is 321 g/mol. The summed E-state index contributed by atoms with van der Waals surface area (Å²) in [5, 5.41) is 27.1. The quantitative estimate of drug-likeness (QED) is 0.518. The van der Waals surface area contributed by atoms with Crippen molar-refractivity contribution in [2.24, 2.45) is 5.10 Å². The largest absolute Gasteiger partial charge is 0.865 e. The first-order chi connectivity index (χ1) is 10.5. The Kier molecular flexibility index (Phi) is 4.80. The van der Waals surface area contributed by atoms with Gasteiger partial charge in [-0.25, -0.2) is 0 Å². The van der Waals surface area contributed by atoms with Crippen molar-refractivity contribution in [2.75, 3.05) is 12.5 Å². The highest BCUT2D eigenvalue weighted by Gasteiger charge is 2.12. The first kappa shape index (κ1) is 15.6. The number of rotatable bonds is 5. The van der Waals surface area contributed by atoms with Gasteiger partial charge in [0.15, 0.2) is 0 Å². The maximum atomic E-state index is 11.7. The fourth-order valence-corrected chi connectivity index (χ4v) is 1.80. The number of benzene rings is 2. The number of halogens is 1. The number of hydrazone groups is 1. The monoisotopic (exact) mass is 320 g/mol. The molecule has 0 aliphatic rings. The molecular formula is C14H11ClN3O4-. The van der Waals surface area contributed by atoms with E-state index in [0.29, 0.717) is 16.3 Å². The van der Waals surface area contributed by atoms with Gasteiger partial charge in [-0.15, -0.1) is 0 Å². The Hall–Kier alpha value is -2.80. The van der Waals surface area contributed by atoms with Crippen molar-refractivity contribution in [3.8, 4) is 11.5 Å². The van der Waals surface area contributed by atoms with E-state index in [1.54, 1.807) is 24.3 Å². The van der Waals surface area contributed by atoms with Crippen LogP contribution in [0, 0.1) is 10.1 Å². The van der Waals surface area contributed by atoms with E-state index in [-0.39, 0.29) is 5.75 Å². The van der Waals surface area contributed by atoms with Crippen LogP contribution in [0.25, 0.3) is 0 Å². The van der Waals surface area contributed by atoms with E-state index in [9.17, 15) is 15.2 Å². The fourth-order valence-electron chi connectivity index (χ4n) is 1.68. The number of hydrogen-bond acceptors (Lipinski definition) is 6. The molecule has 0 saturated carbocycles. The van der Waals surface area contributed by atoms with Gasteiger partial charge in [-0.2, -0.15) is 5.10 Å². The number of ether oxygens (including phenoxy) is 1. The Labute approximate surface area is 130 Å². The van der Waals surface area contributed by atoms with Gasteiger partial charge in [-0.3, -0.25) is 15.5 Å². The van der Waals surface area contributed by atoms with Gasteiger partial charge in [0.25, 0.3) is 5.69 Å². The van der Waals surface area contributed by atoms with E-state index in [1.807, 2.05) is 0 Å². The highest BCUT2D eigenvalue weighted by Crippen LogP contribution is 2.33. The zero-order valence-electron chi connectivity index (χ0n) is 11.4. The average Bonchev–Trinajstić information content (AvgIpc) is 2.50. The van der Waals surface area contributed by atoms with Crippen LogP contribution in [0.3, 0.4) is 0 Å². The van der Waals surface area contributed by atoms with E-state index in [1.165, 1.54) is 19.4 Å². The number of nitrogens with one attached hydrogen (secondary N) is 1. The Morgan fingerprint density at radius 3 is 2.59 bits per heavy atom. The van der Waals surface area contributed by atoms with E-state index < -0.39 is 16.4 Å². The minimum Gasteiger partial charge on any atom is -0.865 e.